The van der Waals surface area contributed by atoms with Gasteiger partial charge in [-0.1, -0.05) is 29.3 Å². The topological polar surface area (TPSA) is 66.9 Å². The van der Waals surface area contributed by atoms with E-state index in [-0.39, 0.29) is 5.75 Å². The van der Waals surface area contributed by atoms with Crippen molar-refractivity contribution in [3.05, 3.63) is 58.6 Å². The number of hydrogen-bond acceptors (Lipinski definition) is 6. The molecule has 4 rings (SSSR count). The number of aromatic hydroxyl groups is 1. The summed E-state index contributed by atoms with van der Waals surface area (Å²) >= 11 is 13.0. The van der Waals surface area contributed by atoms with Gasteiger partial charge in [-0.3, -0.25) is 4.90 Å². The summed E-state index contributed by atoms with van der Waals surface area (Å²) in [7, 11) is 1.56. The molecule has 1 aromatic heterocycles. The second-order valence-corrected chi connectivity index (χ2v) is 8.65. The molecule has 0 aliphatic carbocycles. The lowest BCUT2D eigenvalue weighted by Crippen LogP contribution is -2.37. The maximum absolute atomic E-state index is 10.6. The van der Waals surface area contributed by atoms with Crippen LogP contribution in [-0.2, 0) is 4.74 Å². The molecule has 2 aromatic carbocycles. The predicted molar refractivity (Wildman–Crippen MR) is 134 cm³/mol. The molecule has 2 N–H and O–H groups in total. The summed E-state index contributed by atoms with van der Waals surface area (Å²) < 4.78 is 10.6. The molecule has 3 aromatic rings. The number of halogens is 2. The lowest BCUT2D eigenvalue weighted by molar-refractivity contribution is 0.0378. The molecule has 33 heavy (non-hydrogen) atoms. The Balaban J connectivity index is 1.62. The highest BCUT2D eigenvalue weighted by molar-refractivity contribution is 6.39. The van der Waals surface area contributed by atoms with Crippen molar-refractivity contribution in [1.82, 2.24) is 9.88 Å². The monoisotopic (exact) mass is 487 g/mol. The fraction of sp³-hybridized carbons (Fsp3) is 0.320. The van der Waals surface area contributed by atoms with E-state index < -0.39 is 0 Å². The summed E-state index contributed by atoms with van der Waals surface area (Å²) in [6.07, 6.45) is 0.974. The summed E-state index contributed by atoms with van der Waals surface area (Å²) in [6, 6.07) is 14.4. The fourth-order valence-electron chi connectivity index (χ4n) is 3.88. The first-order valence-electron chi connectivity index (χ1n) is 10.9. The Bertz CT molecular complexity index is 1080. The van der Waals surface area contributed by atoms with Gasteiger partial charge in [0.05, 0.1) is 26.0 Å². The molecule has 6 nitrogen and oxygen atoms in total. The highest BCUT2D eigenvalue weighted by Gasteiger charge is 2.15. The van der Waals surface area contributed by atoms with Crippen LogP contribution in [0.2, 0.25) is 10.0 Å². The second-order valence-electron chi connectivity index (χ2n) is 7.84. The molecule has 0 bridgehead atoms. The molecule has 1 aliphatic rings. The third kappa shape index (κ3) is 5.89. The molecule has 0 atom stereocenters. The lowest BCUT2D eigenvalue weighted by atomic mass is 10.0. The van der Waals surface area contributed by atoms with Crippen molar-refractivity contribution in [3.63, 3.8) is 0 Å². The number of rotatable bonds is 8. The van der Waals surface area contributed by atoms with Crippen LogP contribution in [0.3, 0.4) is 0 Å². The van der Waals surface area contributed by atoms with E-state index in [4.69, 9.17) is 37.7 Å². The Hall–Kier alpha value is -2.51. The Morgan fingerprint density at radius 3 is 2.55 bits per heavy atom. The van der Waals surface area contributed by atoms with Gasteiger partial charge in [-0.05, 0) is 54.9 Å². The molecule has 174 valence electrons. The van der Waals surface area contributed by atoms with Gasteiger partial charge in [0.1, 0.15) is 17.3 Å². The number of pyridine rings is 1. The average molecular weight is 488 g/mol. The van der Waals surface area contributed by atoms with Crippen LogP contribution in [0.15, 0.2) is 48.5 Å². The molecule has 1 saturated heterocycles. The van der Waals surface area contributed by atoms with E-state index in [2.05, 4.69) is 10.2 Å². The van der Waals surface area contributed by atoms with Gasteiger partial charge in [0.15, 0.2) is 0 Å². The number of hydrogen-bond donors (Lipinski definition) is 2. The SMILES string of the molecule is COc1ccc(-c2cc(-c3c(Cl)cccc3Cl)cc(NCCCN3CCOCC3)n2)c(O)c1. The molecule has 0 radical (unpaired) electrons. The number of nitrogens with one attached hydrogen (secondary N) is 1. The van der Waals surface area contributed by atoms with Crippen LogP contribution in [0.4, 0.5) is 5.82 Å². The van der Waals surface area contributed by atoms with Crippen molar-refractivity contribution in [2.45, 2.75) is 6.42 Å². The highest BCUT2D eigenvalue weighted by Crippen LogP contribution is 2.39. The molecule has 8 heteroatoms. The highest BCUT2D eigenvalue weighted by atomic mass is 35.5. The molecular formula is C25H27Cl2N3O3. The zero-order valence-electron chi connectivity index (χ0n) is 18.5. The Morgan fingerprint density at radius 2 is 1.85 bits per heavy atom. The van der Waals surface area contributed by atoms with E-state index in [0.29, 0.717) is 32.9 Å². The molecule has 0 unspecified atom stereocenters. The maximum Gasteiger partial charge on any atom is 0.128 e. The first-order chi connectivity index (χ1) is 16.0. The summed E-state index contributed by atoms with van der Waals surface area (Å²) in [6.45, 7) is 5.30. The average Bonchev–Trinajstić information content (AvgIpc) is 2.82. The van der Waals surface area contributed by atoms with Gasteiger partial charge in [-0.25, -0.2) is 4.98 Å². The van der Waals surface area contributed by atoms with Crippen LogP contribution >= 0.6 is 23.2 Å². The van der Waals surface area contributed by atoms with Crippen LogP contribution in [0.1, 0.15) is 6.42 Å². The Labute approximate surface area is 204 Å². The summed E-state index contributed by atoms with van der Waals surface area (Å²) in [5.74, 6) is 1.35. The summed E-state index contributed by atoms with van der Waals surface area (Å²) in [5.41, 5.74) is 2.76. The van der Waals surface area contributed by atoms with Crippen LogP contribution in [-0.4, -0.2) is 61.5 Å². The largest absolute Gasteiger partial charge is 0.507 e. The number of anilines is 1. The smallest absolute Gasteiger partial charge is 0.128 e. The van der Waals surface area contributed by atoms with E-state index in [0.717, 1.165) is 56.9 Å². The minimum absolute atomic E-state index is 0.0857. The molecule has 0 saturated carbocycles. The van der Waals surface area contributed by atoms with Crippen molar-refractivity contribution in [3.8, 4) is 33.9 Å². The lowest BCUT2D eigenvalue weighted by Gasteiger charge is -2.26. The van der Waals surface area contributed by atoms with Crippen molar-refractivity contribution < 1.29 is 14.6 Å². The van der Waals surface area contributed by atoms with Crippen molar-refractivity contribution in [2.75, 3.05) is 51.8 Å². The van der Waals surface area contributed by atoms with E-state index in [1.54, 1.807) is 25.3 Å². The molecule has 1 aliphatic heterocycles. The number of phenolic OH excluding ortho intramolecular Hbond substituents is 1. The second kappa shape index (κ2) is 11.1. The zero-order chi connectivity index (χ0) is 23.2. The van der Waals surface area contributed by atoms with Gasteiger partial charge < -0.3 is 19.9 Å². The first kappa shape index (κ1) is 23.6. The van der Waals surface area contributed by atoms with Gasteiger partial charge >= 0.3 is 0 Å². The predicted octanol–water partition coefficient (Wildman–Crippen LogP) is 5.57. The summed E-state index contributed by atoms with van der Waals surface area (Å²) in [5, 5.41) is 15.1. The van der Waals surface area contributed by atoms with Crippen LogP contribution in [0, 0.1) is 0 Å². The molecule has 1 fully saturated rings. The quantitative estimate of drug-likeness (QED) is 0.404. The van der Waals surface area contributed by atoms with Crippen molar-refractivity contribution in [1.29, 1.82) is 0 Å². The summed E-state index contributed by atoms with van der Waals surface area (Å²) in [4.78, 5) is 7.16. The van der Waals surface area contributed by atoms with Crippen LogP contribution < -0.4 is 10.1 Å². The normalized spacial score (nSPS) is 14.3. The molecular weight excluding hydrogens is 461 g/mol. The number of benzene rings is 2. The Morgan fingerprint density at radius 1 is 1.09 bits per heavy atom. The fourth-order valence-corrected chi connectivity index (χ4v) is 4.49. The molecule has 0 amide bonds. The molecule has 0 spiro atoms. The first-order valence-corrected chi connectivity index (χ1v) is 11.7. The van der Waals surface area contributed by atoms with Gasteiger partial charge in [0.25, 0.3) is 0 Å². The number of methoxy groups -OCH3 is 1. The van der Waals surface area contributed by atoms with Gasteiger partial charge in [-0.2, -0.15) is 0 Å². The minimum Gasteiger partial charge on any atom is -0.507 e. The number of morpholine rings is 1. The van der Waals surface area contributed by atoms with E-state index in [9.17, 15) is 5.11 Å². The van der Waals surface area contributed by atoms with E-state index in [1.807, 2.05) is 30.3 Å². The third-order valence-electron chi connectivity index (χ3n) is 5.62. The van der Waals surface area contributed by atoms with Crippen LogP contribution in [0.5, 0.6) is 11.5 Å². The van der Waals surface area contributed by atoms with E-state index >= 15 is 0 Å². The standard InChI is InChI=1S/C25H27Cl2N3O3/c1-32-18-6-7-19(23(31)16-18)22-14-17(25-20(26)4-2-5-21(25)27)15-24(29-22)28-8-3-9-30-10-12-33-13-11-30/h2,4-7,14-16,31H,3,8-13H2,1H3,(H,28,29). The van der Waals surface area contributed by atoms with Crippen molar-refractivity contribution in [2.24, 2.45) is 0 Å². The number of aromatic nitrogens is 1. The molecule has 2 heterocycles. The van der Waals surface area contributed by atoms with E-state index in [1.165, 1.54) is 0 Å². The van der Waals surface area contributed by atoms with Gasteiger partial charge in [0, 0.05) is 46.9 Å². The Kier molecular flexibility index (Phi) is 7.93. The third-order valence-corrected chi connectivity index (χ3v) is 6.25. The maximum atomic E-state index is 10.6. The van der Waals surface area contributed by atoms with Gasteiger partial charge in [0.2, 0.25) is 0 Å². The van der Waals surface area contributed by atoms with Gasteiger partial charge in [-0.15, -0.1) is 0 Å². The number of nitrogens with zero attached hydrogens (tertiary/aromatic N) is 2. The number of phenols is 1. The van der Waals surface area contributed by atoms with Crippen LogP contribution in [0.25, 0.3) is 22.4 Å². The number of ether oxygens (including phenoxy) is 2. The van der Waals surface area contributed by atoms with Crippen molar-refractivity contribution >= 4 is 29.0 Å². The minimum atomic E-state index is 0.0857. The zero-order valence-corrected chi connectivity index (χ0v) is 20.0.